The van der Waals surface area contributed by atoms with Crippen LogP contribution in [0.3, 0.4) is 0 Å². The molecule has 0 radical (unpaired) electrons. The van der Waals surface area contributed by atoms with E-state index in [1.165, 1.54) is 0 Å². The smallest absolute Gasteiger partial charge is 0.108 e. The van der Waals surface area contributed by atoms with Gasteiger partial charge in [0.25, 0.3) is 0 Å². The van der Waals surface area contributed by atoms with E-state index in [-0.39, 0.29) is 0 Å². The van der Waals surface area contributed by atoms with E-state index in [0.717, 1.165) is 35.5 Å². The van der Waals surface area contributed by atoms with Crippen molar-refractivity contribution < 1.29 is 0 Å². The molecule has 0 N–H and O–H groups in total. The fourth-order valence-corrected chi connectivity index (χ4v) is 2.70. The number of benzene rings is 1. The topological polar surface area (TPSA) is 30.7 Å². The number of aryl methyl sites for hydroxylation is 1. The van der Waals surface area contributed by atoms with Gasteiger partial charge in [0.1, 0.15) is 5.82 Å². The normalized spacial score (nSPS) is 10.9. The zero-order valence-corrected chi connectivity index (χ0v) is 13.6. The molecule has 1 aromatic carbocycles. The number of hydrogen-bond acceptors (Lipinski definition) is 2. The van der Waals surface area contributed by atoms with Crippen LogP contribution in [-0.4, -0.2) is 14.5 Å². The summed E-state index contributed by atoms with van der Waals surface area (Å²) in [7, 11) is 0. The Hall–Kier alpha value is -1.84. The van der Waals surface area contributed by atoms with Gasteiger partial charge >= 0.3 is 0 Å². The third kappa shape index (κ3) is 3.16. The van der Waals surface area contributed by atoms with Crippen LogP contribution < -0.4 is 0 Å². The first kappa shape index (κ1) is 15.1. The molecule has 0 aliphatic carbocycles. The summed E-state index contributed by atoms with van der Waals surface area (Å²) in [6.07, 6.45) is 8.44. The average molecular weight is 332 g/mol. The van der Waals surface area contributed by atoms with Gasteiger partial charge < -0.3 is 4.57 Å². The molecule has 0 aliphatic rings. The maximum absolute atomic E-state index is 6.09. The molecule has 5 heteroatoms. The Balaban J connectivity index is 1.91. The van der Waals surface area contributed by atoms with Gasteiger partial charge in [0, 0.05) is 36.8 Å². The first-order chi connectivity index (χ1) is 10.7. The third-order valence-electron chi connectivity index (χ3n) is 3.52. The lowest BCUT2D eigenvalue weighted by Crippen LogP contribution is -2.03. The lowest BCUT2D eigenvalue weighted by Gasteiger charge is -2.09. The molecule has 3 nitrogen and oxygen atoms in total. The van der Waals surface area contributed by atoms with Gasteiger partial charge in [-0.3, -0.25) is 4.98 Å². The molecule has 0 aliphatic heterocycles. The average Bonchev–Trinajstić information content (AvgIpc) is 2.97. The molecule has 0 saturated carbocycles. The first-order valence-electron chi connectivity index (χ1n) is 7.06. The van der Waals surface area contributed by atoms with Gasteiger partial charge in [0.15, 0.2) is 0 Å². The van der Waals surface area contributed by atoms with Crippen LogP contribution in [0.4, 0.5) is 0 Å². The second-order valence-corrected chi connectivity index (χ2v) is 5.85. The van der Waals surface area contributed by atoms with Crippen molar-refractivity contribution in [2.45, 2.75) is 19.9 Å². The quantitative estimate of drug-likeness (QED) is 0.683. The number of imidazole rings is 1. The minimum atomic E-state index is 0.549. The van der Waals surface area contributed by atoms with E-state index in [0.29, 0.717) is 10.0 Å². The molecule has 3 aromatic rings. The molecule has 0 spiro atoms. The van der Waals surface area contributed by atoms with Crippen molar-refractivity contribution >= 4 is 23.2 Å². The van der Waals surface area contributed by atoms with Crippen molar-refractivity contribution in [2.75, 3.05) is 0 Å². The fraction of sp³-hybridized carbons (Fsp3) is 0.176. The van der Waals surface area contributed by atoms with Crippen LogP contribution in [0.25, 0.3) is 11.1 Å². The maximum Gasteiger partial charge on any atom is 0.108 e. The van der Waals surface area contributed by atoms with Crippen LogP contribution >= 0.6 is 23.2 Å². The third-order valence-corrected chi connectivity index (χ3v) is 4.26. The Bertz CT molecular complexity index is 796. The van der Waals surface area contributed by atoms with E-state index in [4.69, 9.17) is 23.2 Å². The van der Waals surface area contributed by atoms with Gasteiger partial charge in [0.05, 0.1) is 16.6 Å². The summed E-state index contributed by atoms with van der Waals surface area (Å²) in [6, 6.07) is 7.73. The minimum Gasteiger partial charge on any atom is -0.330 e. The van der Waals surface area contributed by atoms with Crippen molar-refractivity contribution in [2.24, 2.45) is 0 Å². The molecule has 2 heterocycles. The van der Waals surface area contributed by atoms with E-state index in [2.05, 4.69) is 27.5 Å². The highest BCUT2D eigenvalue weighted by Gasteiger charge is 2.06. The number of halogens is 2. The zero-order chi connectivity index (χ0) is 15.5. The van der Waals surface area contributed by atoms with Gasteiger partial charge in [-0.15, -0.1) is 0 Å². The van der Waals surface area contributed by atoms with E-state index < -0.39 is 0 Å². The highest BCUT2D eigenvalue weighted by atomic mass is 35.5. The van der Waals surface area contributed by atoms with Gasteiger partial charge in [-0.25, -0.2) is 4.98 Å². The Morgan fingerprint density at radius 1 is 1.05 bits per heavy atom. The predicted octanol–water partition coefficient (Wildman–Crippen LogP) is 4.86. The Kier molecular flexibility index (Phi) is 4.46. The van der Waals surface area contributed by atoms with Crippen LogP contribution in [0.1, 0.15) is 18.3 Å². The molecule has 2 aromatic heterocycles. The van der Waals surface area contributed by atoms with E-state index in [1.54, 1.807) is 6.07 Å². The molecule has 3 rings (SSSR count). The molecule has 0 saturated heterocycles. The van der Waals surface area contributed by atoms with Crippen LogP contribution in [0.2, 0.25) is 10.0 Å². The van der Waals surface area contributed by atoms with Crippen LogP contribution in [-0.2, 0) is 13.0 Å². The lowest BCUT2D eigenvalue weighted by molar-refractivity contribution is 0.730. The summed E-state index contributed by atoms with van der Waals surface area (Å²) in [5.41, 5.74) is 3.15. The van der Waals surface area contributed by atoms with Gasteiger partial charge in [-0.2, -0.15) is 0 Å². The molecular formula is C17H15Cl2N3. The van der Waals surface area contributed by atoms with Crippen molar-refractivity contribution in [1.82, 2.24) is 14.5 Å². The molecule has 0 amide bonds. The summed E-state index contributed by atoms with van der Waals surface area (Å²) < 4.78 is 2.13. The Labute approximate surface area is 139 Å². The number of hydrogen-bond donors (Lipinski definition) is 0. The predicted molar refractivity (Wildman–Crippen MR) is 90.4 cm³/mol. The number of rotatable bonds is 4. The van der Waals surface area contributed by atoms with Crippen LogP contribution in [0.5, 0.6) is 0 Å². The highest BCUT2D eigenvalue weighted by molar-refractivity contribution is 6.42. The van der Waals surface area contributed by atoms with Crippen molar-refractivity contribution in [3.8, 4) is 11.1 Å². The number of aromatic nitrogens is 3. The largest absolute Gasteiger partial charge is 0.330 e. The summed E-state index contributed by atoms with van der Waals surface area (Å²) in [4.78, 5) is 8.68. The monoisotopic (exact) mass is 331 g/mol. The molecule has 0 unspecified atom stereocenters. The Morgan fingerprint density at radius 3 is 2.68 bits per heavy atom. The van der Waals surface area contributed by atoms with Gasteiger partial charge in [-0.05, 0) is 29.3 Å². The van der Waals surface area contributed by atoms with Crippen molar-refractivity contribution in [3.05, 3.63) is 70.5 Å². The van der Waals surface area contributed by atoms with Crippen LogP contribution in [0, 0.1) is 0 Å². The lowest BCUT2D eigenvalue weighted by atomic mass is 10.1. The summed E-state index contributed by atoms with van der Waals surface area (Å²) in [5, 5.41) is 1.10. The van der Waals surface area contributed by atoms with Crippen molar-refractivity contribution in [3.63, 3.8) is 0 Å². The molecule has 22 heavy (non-hydrogen) atoms. The van der Waals surface area contributed by atoms with Crippen LogP contribution in [0.15, 0.2) is 49.1 Å². The molecule has 112 valence electrons. The molecule has 0 fully saturated rings. The minimum absolute atomic E-state index is 0.549. The number of nitrogens with zero attached hydrogens (tertiary/aromatic N) is 3. The SMILES string of the molecule is CCc1nccn1Cc1cncc(-c2ccc(Cl)c(Cl)c2)c1. The number of pyridine rings is 1. The first-order valence-corrected chi connectivity index (χ1v) is 7.82. The Morgan fingerprint density at radius 2 is 1.91 bits per heavy atom. The maximum atomic E-state index is 6.09. The van der Waals surface area contributed by atoms with Crippen molar-refractivity contribution in [1.29, 1.82) is 0 Å². The zero-order valence-electron chi connectivity index (χ0n) is 12.1. The second-order valence-electron chi connectivity index (χ2n) is 5.04. The summed E-state index contributed by atoms with van der Waals surface area (Å²) >= 11 is 12.1. The highest BCUT2D eigenvalue weighted by Crippen LogP contribution is 2.28. The molecular weight excluding hydrogens is 317 g/mol. The summed E-state index contributed by atoms with van der Waals surface area (Å²) in [6.45, 7) is 2.86. The fourth-order valence-electron chi connectivity index (χ4n) is 2.40. The van der Waals surface area contributed by atoms with E-state index >= 15 is 0 Å². The van der Waals surface area contributed by atoms with E-state index in [1.807, 2.05) is 36.9 Å². The summed E-state index contributed by atoms with van der Waals surface area (Å²) in [5.74, 6) is 1.07. The molecule has 0 bridgehead atoms. The second kappa shape index (κ2) is 6.51. The van der Waals surface area contributed by atoms with E-state index in [9.17, 15) is 0 Å². The van der Waals surface area contributed by atoms with Gasteiger partial charge in [-0.1, -0.05) is 36.2 Å². The molecule has 0 atom stereocenters. The standard InChI is InChI=1S/C17H15Cl2N3/c1-2-17-21-5-6-22(17)11-12-7-14(10-20-9-12)13-3-4-15(18)16(19)8-13/h3-10H,2,11H2,1H3. The van der Waals surface area contributed by atoms with Gasteiger partial charge in [0.2, 0.25) is 0 Å².